The highest BCUT2D eigenvalue weighted by molar-refractivity contribution is 9.11. The molecule has 3 N–H and O–H groups in total. The Kier molecular flexibility index (Phi) is 4.27. The molecule has 0 radical (unpaired) electrons. The molecule has 0 fully saturated rings. The molecule has 3 nitrogen and oxygen atoms in total. The molecule has 0 saturated carbocycles. The Bertz CT molecular complexity index is 641. The predicted octanol–water partition coefficient (Wildman–Crippen LogP) is 4.35. The molecule has 0 heterocycles. The van der Waals surface area contributed by atoms with Crippen molar-refractivity contribution >= 4 is 49.1 Å². The summed E-state index contributed by atoms with van der Waals surface area (Å²) in [4.78, 5) is 12.2. The number of halogens is 2. The summed E-state index contributed by atoms with van der Waals surface area (Å²) in [7, 11) is 0. The van der Waals surface area contributed by atoms with E-state index in [9.17, 15) is 4.79 Å². The number of hydrogen-bond donors (Lipinski definition) is 2. The van der Waals surface area contributed by atoms with Crippen LogP contribution in [0.4, 0.5) is 11.4 Å². The summed E-state index contributed by atoms with van der Waals surface area (Å²) in [6, 6.07) is 10.8. The Balaban J connectivity index is 2.23. The average molecular weight is 384 g/mol. The maximum Gasteiger partial charge on any atom is 0.256 e. The highest BCUT2D eigenvalue weighted by Gasteiger charge is 2.10. The molecule has 19 heavy (non-hydrogen) atoms. The van der Waals surface area contributed by atoms with Gasteiger partial charge in [0.25, 0.3) is 5.91 Å². The van der Waals surface area contributed by atoms with E-state index < -0.39 is 0 Å². The van der Waals surface area contributed by atoms with Crippen molar-refractivity contribution in [3.63, 3.8) is 0 Å². The lowest BCUT2D eigenvalue weighted by Crippen LogP contribution is -2.12. The molecule has 0 aliphatic heterocycles. The lowest BCUT2D eigenvalue weighted by Gasteiger charge is -2.09. The van der Waals surface area contributed by atoms with Crippen LogP contribution in [-0.2, 0) is 0 Å². The molecule has 0 aliphatic rings. The van der Waals surface area contributed by atoms with E-state index in [1.54, 1.807) is 18.2 Å². The molecule has 0 unspecified atom stereocenters. The molecular formula is C14H12Br2N2O. The standard InChI is InChI=1S/C14H12Br2N2O/c1-8-6-10(3-5-13(8)17)18-14(19)11-4-2-9(15)7-12(11)16/h2-7H,17H2,1H3,(H,18,19). The maximum absolute atomic E-state index is 12.2. The van der Waals surface area contributed by atoms with Crippen LogP contribution in [0, 0.1) is 6.92 Å². The number of rotatable bonds is 2. The third-order valence-corrected chi connectivity index (χ3v) is 3.85. The molecule has 0 aromatic heterocycles. The van der Waals surface area contributed by atoms with E-state index in [0.29, 0.717) is 11.3 Å². The summed E-state index contributed by atoms with van der Waals surface area (Å²) in [5.41, 5.74) is 8.70. The second kappa shape index (κ2) is 5.75. The number of nitrogen functional groups attached to an aromatic ring is 1. The molecule has 0 atom stereocenters. The second-order valence-corrected chi connectivity index (χ2v) is 5.92. The van der Waals surface area contributed by atoms with E-state index in [-0.39, 0.29) is 5.91 Å². The van der Waals surface area contributed by atoms with Gasteiger partial charge >= 0.3 is 0 Å². The van der Waals surface area contributed by atoms with Gasteiger partial charge < -0.3 is 11.1 Å². The fourth-order valence-electron chi connectivity index (χ4n) is 1.63. The van der Waals surface area contributed by atoms with Gasteiger partial charge in [0.1, 0.15) is 0 Å². The number of aryl methyl sites for hydroxylation is 1. The van der Waals surface area contributed by atoms with Crippen LogP contribution in [0.25, 0.3) is 0 Å². The first-order valence-electron chi connectivity index (χ1n) is 5.60. The van der Waals surface area contributed by atoms with Crippen LogP contribution in [0.2, 0.25) is 0 Å². The molecule has 0 spiro atoms. The van der Waals surface area contributed by atoms with Crippen LogP contribution in [0.15, 0.2) is 45.3 Å². The first kappa shape index (κ1) is 14.1. The molecule has 5 heteroatoms. The van der Waals surface area contributed by atoms with E-state index in [1.165, 1.54) is 0 Å². The summed E-state index contributed by atoms with van der Waals surface area (Å²) in [6.07, 6.45) is 0. The van der Waals surface area contributed by atoms with Crippen molar-refractivity contribution in [1.82, 2.24) is 0 Å². The van der Waals surface area contributed by atoms with E-state index in [1.807, 2.05) is 25.1 Å². The minimum Gasteiger partial charge on any atom is -0.399 e. The van der Waals surface area contributed by atoms with E-state index >= 15 is 0 Å². The monoisotopic (exact) mass is 382 g/mol. The molecular weight excluding hydrogens is 372 g/mol. The van der Waals surface area contributed by atoms with Crippen LogP contribution >= 0.6 is 31.9 Å². The quantitative estimate of drug-likeness (QED) is 0.757. The van der Waals surface area contributed by atoms with Crippen molar-refractivity contribution in [2.45, 2.75) is 6.92 Å². The number of hydrogen-bond acceptors (Lipinski definition) is 2. The van der Waals surface area contributed by atoms with Gasteiger partial charge in [0.15, 0.2) is 0 Å². The molecule has 2 aromatic rings. The Hall–Kier alpha value is -1.33. The van der Waals surface area contributed by atoms with Gasteiger partial charge in [0.05, 0.1) is 5.56 Å². The topological polar surface area (TPSA) is 55.1 Å². The Morgan fingerprint density at radius 1 is 1.16 bits per heavy atom. The Morgan fingerprint density at radius 2 is 1.89 bits per heavy atom. The maximum atomic E-state index is 12.2. The van der Waals surface area contributed by atoms with Gasteiger partial charge in [0, 0.05) is 20.3 Å². The first-order valence-corrected chi connectivity index (χ1v) is 7.18. The molecule has 1 amide bonds. The van der Waals surface area contributed by atoms with Gasteiger partial charge in [-0.1, -0.05) is 15.9 Å². The molecule has 0 saturated heterocycles. The van der Waals surface area contributed by atoms with Crippen molar-refractivity contribution in [2.75, 3.05) is 11.1 Å². The third kappa shape index (κ3) is 3.36. The predicted molar refractivity (Wildman–Crippen MR) is 85.4 cm³/mol. The molecule has 0 aliphatic carbocycles. The van der Waals surface area contributed by atoms with Gasteiger partial charge in [-0.3, -0.25) is 4.79 Å². The summed E-state index contributed by atoms with van der Waals surface area (Å²) in [6.45, 7) is 1.90. The highest BCUT2D eigenvalue weighted by atomic mass is 79.9. The molecule has 0 bridgehead atoms. The van der Waals surface area contributed by atoms with Gasteiger partial charge in [-0.2, -0.15) is 0 Å². The van der Waals surface area contributed by atoms with Crippen LogP contribution < -0.4 is 11.1 Å². The number of benzene rings is 2. The number of nitrogens with one attached hydrogen (secondary N) is 1. The average Bonchev–Trinajstić information content (AvgIpc) is 2.33. The van der Waals surface area contributed by atoms with Crippen LogP contribution in [0.3, 0.4) is 0 Å². The Labute approximate surface area is 128 Å². The largest absolute Gasteiger partial charge is 0.399 e. The normalized spacial score (nSPS) is 10.3. The number of amides is 1. The SMILES string of the molecule is Cc1cc(NC(=O)c2ccc(Br)cc2Br)ccc1N. The van der Waals surface area contributed by atoms with Gasteiger partial charge in [0.2, 0.25) is 0 Å². The van der Waals surface area contributed by atoms with Crippen molar-refractivity contribution in [3.8, 4) is 0 Å². The number of carbonyl (C=O) groups excluding carboxylic acids is 1. The highest BCUT2D eigenvalue weighted by Crippen LogP contribution is 2.23. The van der Waals surface area contributed by atoms with Crippen LogP contribution in [-0.4, -0.2) is 5.91 Å². The first-order chi connectivity index (χ1) is 8.97. The minimum absolute atomic E-state index is 0.163. The summed E-state index contributed by atoms with van der Waals surface area (Å²) < 4.78 is 1.66. The van der Waals surface area contributed by atoms with E-state index in [0.717, 1.165) is 20.2 Å². The fraction of sp³-hybridized carbons (Fsp3) is 0.0714. The van der Waals surface area contributed by atoms with Crippen molar-refractivity contribution < 1.29 is 4.79 Å². The Morgan fingerprint density at radius 3 is 2.53 bits per heavy atom. The van der Waals surface area contributed by atoms with Crippen molar-refractivity contribution in [2.24, 2.45) is 0 Å². The van der Waals surface area contributed by atoms with E-state index in [2.05, 4.69) is 37.2 Å². The van der Waals surface area contributed by atoms with Gasteiger partial charge in [-0.05, 0) is 64.8 Å². The number of anilines is 2. The van der Waals surface area contributed by atoms with Crippen molar-refractivity contribution in [3.05, 3.63) is 56.5 Å². The van der Waals surface area contributed by atoms with Crippen LogP contribution in [0.5, 0.6) is 0 Å². The molecule has 2 aromatic carbocycles. The molecule has 2 rings (SSSR count). The molecule has 98 valence electrons. The zero-order valence-corrected chi connectivity index (χ0v) is 13.4. The van der Waals surface area contributed by atoms with E-state index in [4.69, 9.17) is 5.73 Å². The second-order valence-electron chi connectivity index (χ2n) is 4.15. The smallest absolute Gasteiger partial charge is 0.256 e. The minimum atomic E-state index is -0.163. The fourth-order valence-corrected chi connectivity index (χ4v) is 2.85. The summed E-state index contributed by atoms with van der Waals surface area (Å²) in [5, 5.41) is 2.85. The van der Waals surface area contributed by atoms with Gasteiger partial charge in [-0.25, -0.2) is 0 Å². The number of nitrogens with two attached hydrogens (primary N) is 1. The zero-order chi connectivity index (χ0) is 14.0. The lowest BCUT2D eigenvalue weighted by molar-refractivity contribution is 0.102. The van der Waals surface area contributed by atoms with Crippen LogP contribution in [0.1, 0.15) is 15.9 Å². The number of carbonyl (C=O) groups is 1. The van der Waals surface area contributed by atoms with Crippen molar-refractivity contribution in [1.29, 1.82) is 0 Å². The summed E-state index contributed by atoms with van der Waals surface area (Å²) in [5.74, 6) is -0.163. The third-order valence-electron chi connectivity index (χ3n) is 2.70. The zero-order valence-electron chi connectivity index (χ0n) is 10.2. The summed E-state index contributed by atoms with van der Waals surface area (Å²) >= 11 is 6.73. The van der Waals surface area contributed by atoms with Gasteiger partial charge in [-0.15, -0.1) is 0 Å². The lowest BCUT2D eigenvalue weighted by atomic mass is 10.1.